The molecule has 1 aliphatic carbocycles. The summed E-state index contributed by atoms with van der Waals surface area (Å²) in [5, 5.41) is 3.39. The van der Waals surface area contributed by atoms with E-state index in [1.54, 1.807) is 21.9 Å². The third-order valence-electron chi connectivity index (χ3n) is 9.51. The second kappa shape index (κ2) is 11.9. The molecule has 46 heavy (non-hydrogen) atoms. The van der Waals surface area contributed by atoms with Crippen LogP contribution < -0.4 is 19.3 Å². The third-order valence-corrected chi connectivity index (χ3v) is 10.3. The van der Waals surface area contributed by atoms with Crippen LogP contribution in [0.25, 0.3) is 21.5 Å². The molecule has 1 saturated carbocycles. The number of anilines is 2. The lowest BCUT2D eigenvalue weighted by molar-refractivity contribution is -0.133. The van der Waals surface area contributed by atoms with Crippen molar-refractivity contribution in [2.24, 2.45) is 11.8 Å². The number of rotatable bonds is 6. The Labute approximate surface area is 276 Å². The highest BCUT2D eigenvalue weighted by Gasteiger charge is 2.47. The van der Waals surface area contributed by atoms with Crippen LogP contribution >= 0.6 is 23.2 Å². The zero-order valence-electron chi connectivity index (χ0n) is 25.4. The summed E-state index contributed by atoms with van der Waals surface area (Å²) in [6, 6.07) is 18.9. The average molecular weight is 660 g/mol. The number of carbonyl (C=O) groups is 4. The van der Waals surface area contributed by atoms with Crippen LogP contribution in [-0.4, -0.2) is 48.6 Å². The molecule has 1 fully saturated rings. The van der Waals surface area contributed by atoms with Crippen LogP contribution in [0.2, 0.25) is 0 Å². The van der Waals surface area contributed by atoms with E-state index >= 15 is 0 Å². The van der Waals surface area contributed by atoms with E-state index in [4.69, 9.17) is 32.7 Å². The smallest absolute Gasteiger partial charge is 0.308 e. The highest BCUT2D eigenvalue weighted by molar-refractivity contribution is 6.19. The topological polar surface area (TPSA) is 93.2 Å². The Balaban J connectivity index is 1.15. The molecule has 2 atom stereocenters. The van der Waals surface area contributed by atoms with Crippen LogP contribution in [-0.2, 0) is 19.2 Å². The number of benzene rings is 4. The molecular formula is C36H32Cl2N2O6. The normalized spacial score (nSPS) is 21.6. The fraction of sp³-hybridized carbons (Fsp3) is 0.333. The van der Waals surface area contributed by atoms with E-state index in [1.165, 1.54) is 13.8 Å². The summed E-state index contributed by atoms with van der Waals surface area (Å²) in [7, 11) is 0. The summed E-state index contributed by atoms with van der Waals surface area (Å²) in [6.45, 7) is 3.55. The summed E-state index contributed by atoms with van der Waals surface area (Å²) < 4.78 is 11.1. The lowest BCUT2D eigenvalue weighted by Gasteiger charge is -2.38. The van der Waals surface area contributed by atoms with E-state index in [0.29, 0.717) is 60.6 Å². The van der Waals surface area contributed by atoms with E-state index in [0.717, 1.165) is 32.7 Å². The van der Waals surface area contributed by atoms with Gasteiger partial charge in [-0.1, -0.05) is 48.5 Å². The summed E-state index contributed by atoms with van der Waals surface area (Å²) in [5.74, 6) is -0.371. The Kier molecular flexibility index (Phi) is 7.89. The molecule has 0 N–H and O–H groups in total. The van der Waals surface area contributed by atoms with Crippen LogP contribution in [0.5, 0.6) is 11.5 Å². The molecule has 0 aromatic heterocycles. The molecule has 0 bridgehead atoms. The summed E-state index contributed by atoms with van der Waals surface area (Å²) in [4.78, 5) is 55.3. The van der Waals surface area contributed by atoms with Gasteiger partial charge in [-0.2, -0.15) is 0 Å². The van der Waals surface area contributed by atoms with Gasteiger partial charge in [-0.3, -0.25) is 19.2 Å². The first-order valence-electron chi connectivity index (χ1n) is 15.4. The number of halogens is 2. The van der Waals surface area contributed by atoms with Gasteiger partial charge in [-0.25, -0.2) is 0 Å². The maximum absolute atomic E-state index is 14.0. The fourth-order valence-electron chi connectivity index (χ4n) is 7.44. The summed E-state index contributed by atoms with van der Waals surface area (Å²) >= 11 is 12.8. The van der Waals surface area contributed by atoms with Gasteiger partial charge in [0.05, 0.1) is 11.4 Å². The van der Waals surface area contributed by atoms with Crippen molar-refractivity contribution in [2.75, 3.05) is 34.6 Å². The van der Waals surface area contributed by atoms with Gasteiger partial charge in [0.25, 0.3) is 0 Å². The van der Waals surface area contributed by atoms with Gasteiger partial charge in [0.1, 0.15) is 11.5 Å². The quantitative estimate of drug-likeness (QED) is 0.127. The number of esters is 2. The van der Waals surface area contributed by atoms with E-state index in [2.05, 4.69) is 0 Å². The van der Waals surface area contributed by atoms with E-state index in [-0.39, 0.29) is 35.5 Å². The van der Waals surface area contributed by atoms with Crippen molar-refractivity contribution in [2.45, 2.75) is 38.5 Å². The molecule has 236 valence electrons. The predicted molar refractivity (Wildman–Crippen MR) is 178 cm³/mol. The molecule has 4 aromatic carbocycles. The van der Waals surface area contributed by atoms with Crippen LogP contribution in [0, 0.1) is 11.8 Å². The van der Waals surface area contributed by atoms with Crippen LogP contribution in [0.15, 0.2) is 60.7 Å². The first-order chi connectivity index (χ1) is 22.2. The van der Waals surface area contributed by atoms with E-state index in [1.807, 2.05) is 48.5 Å². The molecule has 7 rings (SSSR count). The van der Waals surface area contributed by atoms with Gasteiger partial charge in [-0.15, -0.1) is 23.2 Å². The second-order valence-electron chi connectivity index (χ2n) is 12.4. The van der Waals surface area contributed by atoms with Crippen molar-refractivity contribution >= 4 is 79.9 Å². The van der Waals surface area contributed by atoms with Crippen LogP contribution in [0.4, 0.5) is 11.4 Å². The minimum absolute atomic E-state index is 0.0643. The Morgan fingerprint density at radius 2 is 1.02 bits per heavy atom. The Morgan fingerprint density at radius 1 is 0.652 bits per heavy atom. The molecule has 0 radical (unpaired) electrons. The molecule has 2 unspecified atom stereocenters. The number of ether oxygens (including phenoxy) is 2. The van der Waals surface area contributed by atoms with Crippen molar-refractivity contribution in [3.8, 4) is 11.5 Å². The van der Waals surface area contributed by atoms with E-state index < -0.39 is 11.9 Å². The molecular weight excluding hydrogens is 627 g/mol. The minimum Gasteiger partial charge on any atom is -0.426 e. The molecule has 2 aliphatic heterocycles. The monoisotopic (exact) mass is 658 g/mol. The lowest BCUT2D eigenvalue weighted by atomic mass is 9.73. The Morgan fingerprint density at radius 3 is 1.37 bits per heavy atom. The number of carbonyl (C=O) groups excluding carboxylic acids is 4. The third kappa shape index (κ3) is 4.99. The first kappa shape index (κ1) is 30.5. The van der Waals surface area contributed by atoms with Gasteiger partial charge in [-0.05, 0) is 34.7 Å². The van der Waals surface area contributed by atoms with Crippen molar-refractivity contribution < 1.29 is 28.7 Å². The highest BCUT2D eigenvalue weighted by Crippen LogP contribution is 2.50. The number of hydrogen-bond donors (Lipinski definition) is 0. The highest BCUT2D eigenvalue weighted by atomic mass is 35.5. The number of fused-ring (bicyclic) bond motifs is 6. The number of amides is 2. The Hall–Kier alpha value is -4.14. The zero-order valence-corrected chi connectivity index (χ0v) is 26.9. The molecule has 10 heteroatoms. The molecule has 3 aliphatic rings. The van der Waals surface area contributed by atoms with Crippen molar-refractivity contribution in [3.05, 3.63) is 71.8 Å². The van der Waals surface area contributed by atoms with Crippen LogP contribution in [0.3, 0.4) is 0 Å². The van der Waals surface area contributed by atoms with Crippen molar-refractivity contribution in [1.82, 2.24) is 0 Å². The molecule has 0 saturated heterocycles. The molecule has 2 amide bonds. The summed E-state index contributed by atoms with van der Waals surface area (Å²) in [6.07, 6.45) is 0.836. The average Bonchev–Trinajstić information content (AvgIpc) is 3.58. The SMILES string of the molecule is CC(=O)Oc1cc2c(c3ccccc13)C(CCl)CN2C(=O)C1CC(C(=O)N2CC(CCl)c3c2cc(OC(C)=O)c2ccccc32)C1. The van der Waals surface area contributed by atoms with Crippen molar-refractivity contribution in [1.29, 1.82) is 0 Å². The molecule has 2 heterocycles. The largest absolute Gasteiger partial charge is 0.426 e. The summed E-state index contributed by atoms with van der Waals surface area (Å²) in [5.41, 5.74) is 3.34. The first-order valence-corrected chi connectivity index (χ1v) is 16.5. The van der Waals surface area contributed by atoms with Gasteiger partial charge in [0.15, 0.2) is 0 Å². The lowest BCUT2D eigenvalue weighted by Crippen LogP contribution is -2.47. The number of nitrogens with zero attached hydrogens (tertiary/aromatic N) is 2. The molecule has 8 nitrogen and oxygen atoms in total. The van der Waals surface area contributed by atoms with Gasteiger partial charge in [0.2, 0.25) is 11.8 Å². The van der Waals surface area contributed by atoms with Gasteiger partial charge in [0, 0.05) is 85.3 Å². The van der Waals surface area contributed by atoms with Crippen molar-refractivity contribution in [3.63, 3.8) is 0 Å². The Bertz CT molecular complexity index is 1800. The number of hydrogen-bond acceptors (Lipinski definition) is 6. The van der Waals surface area contributed by atoms with E-state index in [9.17, 15) is 19.2 Å². The zero-order chi connectivity index (χ0) is 32.3. The number of alkyl halides is 2. The molecule has 4 aromatic rings. The van der Waals surface area contributed by atoms with Gasteiger partial charge >= 0.3 is 11.9 Å². The maximum Gasteiger partial charge on any atom is 0.308 e. The maximum atomic E-state index is 14.0. The molecule has 0 spiro atoms. The second-order valence-corrected chi connectivity index (χ2v) is 13.0. The van der Waals surface area contributed by atoms with Gasteiger partial charge < -0.3 is 19.3 Å². The minimum atomic E-state index is -0.442. The fourth-order valence-corrected chi connectivity index (χ4v) is 7.94. The van der Waals surface area contributed by atoms with Crippen LogP contribution in [0.1, 0.15) is 49.7 Å². The predicted octanol–water partition coefficient (Wildman–Crippen LogP) is 6.91. The standard InChI is InChI=1S/C36H32Cl2N2O6/c1-19(41)45-31-13-29-33(27-9-5-3-7-25(27)31)23(15-37)17-39(29)35(43)21-11-22(12-21)36(44)40-18-24(16-38)34-28-10-6-4-8-26(28)32(14-30(34)40)46-20(2)42/h3-10,13-14,21-24H,11-12,15-18H2,1-2H3.